The zero-order chi connectivity index (χ0) is 9.78. The molecule has 0 saturated carbocycles. The summed E-state index contributed by atoms with van der Waals surface area (Å²) in [6, 6.07) is 0. The predicted molar refractivity (Wildman–Crippen MR) is 50.7 cm³/mol. The second-order valence-corrected chi connectivity index (χ2v) is 3.96. The summed E-state index contributed by atoms with van der Waals surface area (Å²) in [5.41, 5.74) is 0.0170. The van der Waals surface area contributed by atoms with Gasteiger partial charge in [-0.15, -0.1) is 0 Å². The quantitative estimate of drug-likeness (QED) is 0.626. The normalized spacial score (nSPS) is 11.8. The van der Waals surface area contributed by atoms with Gasteiger partial charge < -0.3 is 10.2 Å². The van der Waals surface area contributed by atoms with Crippen LogP contribution in [0.4, 0.5) is 0 Å². The van der Waals surface area contributed by atoms with Gasteiger partial charge in [0.25, 0.3) is 0 Å². The molecule has 0 fully saturated rings. The first kappa shape index (κ1) is 11.0. The van der Waals surface area contributed by atoms with Crippen LogP contribution in [0.5, 0.6) is 0 Å². The zero-order valence-electron chi connectivity index (χ0n) is 8.51. The van der Waals surface area contributed by atoms with Gasteiger partial charge in [0.2, 0.25) is 5.91 Å². The molecule has 12 heavy (non-hydrogen) atoms. The molecule has 0 rings (SSSR count). The van der Waals surface area contributed by atoms with E-state index in [1.807, 2.05) is 20.8 Å². The number of rotatable bonds is 2. The Balaban J connectivity index is 3.86. The van der Waals surface area contributed by atoms with E-state index < -0.39 is 0 Å². The second kappa shape index (κ2) is 4.14. The molecule has 70 valence electrons. The van der Waals surface area contributed by atoms with Crippen molar-refractivity contribution in [1.29, 1.82) is 0 Å². The summed E-state index contributed by atoms with van der Waals surface area (Å²) in [6.45, 7) is 6.12. The number of carbonyl (C=O) groups is 1. The average molecular weight is 170 g/mol. The highest BCUT2D eigenvalue weighted by molar-refractivity contribution is 5.86. The summed E-state index contributed by atoms with van der Waals surface area (Å²) >= 11 is 0. The first-order chi connectivity index (χ1) is 5.33. The highest BCUT2D eigenvalue weighted by Crippen LogP contribution is 1.97. The van der Waals surface area contributed by atoms with E-state index in [1.165, 1.54) is 11.0 Å². The molecule has 0 aromatic carbocycles. The van der Waals surface area contributed by atoms with Crippen LogP contribution in [0.15, 0.2) is 12.3 Å². The number of nitrogens with one attached hydrogen (secondary N) is 1. The Morgan fingerprint density at radius 1 is 1.33 bits per heavy atom. The maximum atomic E-state index is 11.0. The van der Waals surface area contributed by atoms with Crippen molar-refractivity contribution >= 4 is 5.91 Å². The minimum atomic E-state index is -0.00764. The molecule has 0 spiro atoms. The Morgan fingerprint density at radius 2 is 1.83 bits per heavy atom. The van der Waals surface area contributed by atoms with Crippen molar-refractivity contribution in [1.82, 2.24) is 10.2 Å². The van der Waals surface area contributed by atoms with Crippen molar-refractivity contribution in [2.45, 2.75) is 26.3 Å². The zero-order valence-corrected chi connectivity index (χ0v) is 8.51. The summed E-state index contributed by atoms with van der Waals surface area (Å²) in [5.74, 6) is -0.00764. The third-order valence-electron chi connectivity index (χ3n) is 1.18. The molecular formula is C9H18N2O. The van der Waals surface area contributed by atoms with Gasteiger partial charge in [0.15, 0.2) is 0 Å². The number of hydrogen-bond donors (Lipinski definition) is 1. The maximum absolute atomic E-state index is 11.0. The van der Waals surface area contributed by atoms with Crippen LogP contribution in [0, 0.1) is 0 Å². The molecule has 1 N–H and O–H groups in total. The Labute approximate surface area is 74.4 Å². The molecule has 0 saturated heterocycles. The minimum absolute atomic E-state index is 0.00764. The van der Waals surface area contributed by atoms with Crippen LogP contribution in [-0.4, -0.2) is 30.4 Å². The molecule has 0 heterocycles. The second-order valence-electron chi connectivity index (χ2n) is 3.96. The first-order valence-corrected chi connectivity index (χ1v) is 3.98. The van der Waals surface area contributed by atoms with Crippen LogP contribution in [0.1, 0.15) is 20.8 Å². The van der Waals surface area contributed by atoms with Gasteiger partial charge in [-0.1, -0.05) is 0 Å². The monoisotopic (exact) mass is 170 g/mol. The molecule has 3 nitrogen and oxygen atoms in total. The fraction of sp³-hybridized carbons (Fsp3) is 0.667. The molecular weight excluding hydrogens is 152 g/mol. The highest BCUT2D eigenvalue weighted by Gasteiger charge is 2.05. The van der Waals surface area contributed by atoms with Crippen LogP contribution in [0.3, 0.4) is 0 Å². The molecule has 3 heteroatoms. The molecule has 0 aliphatic rings. The summed E-state index contributed by atoms with van der Waals surface area (Å²) in [7, 11) is 3.45. The summed E-state index contributed by atoms with van der Waals surface area (Å²) in [5, 5.41) is 3.08. The van der Waals surface area contributed by atoms with Crippen LogP contribution < -0.4 is 5.32 Å². The van der Waals surface area contributed by atoms with Crippen molar-refractivity contribution in [2.75, 3.05) is 14.1 Å². The van der Waals surface area contributed by atoms with Crippen molar-refractivity contribution in [3.05, 3.63) is 12.3 Å². The number of hydrogen-bond acceptors (Lipinski definition) is 2. The van der Waals surface area contributed by atoms with Gasteiger partial charge in [-0.2, -0.15) is 0 Å². The lowest BCUT2D eigenvalue weighted by Crippen LogP contribution is -2.31. The molecule has 0 radical (unpaired) electrons. The summed E-state index contributed by atoms with van der Waals surface area (Å²) < 4.78 is 0. The van der Waals surface area contributed by atoms with Crippen LogP contribution in [-0.2, 0) is 4.79 Å². The van der Waals surface area contributed by atoms with Gasteiger partial charge in [-0.05, 0) is 20.8 Å². The van der Waals surface area contributed by atoms with Gasteiger partial charge in [-0.3, -0.25) is 4.79 Å². The number of likely N-dealkylation sites (N-methyl/N-ethyl adjacent to an activating group) is 1. The van der Waals surface area contributed by atoms with Gasteiger partial charge in [-0.25, -0.2) is 0 Å². The third-order valence-corrected chi connectivity index (χ3v) is 1.18. The average Bonchev–Trinajstić information content (AvgIpc) is 1.84. The van der Waals surface area contributed by atoms with Crippen molar-refractivity contribution in [3.63, 3.8) is 0 Å². The standard InChI is InChI=1S/C9H18N2O/c1-9(2,3)10-7-6-8(12)11(4)5/h6-7,10H,1-5H3/b7-6+. The minimum Gasteiger partial charge on any atom is -0.386 e. The lowest BCUT2D eigenvalue weighted by atomic mass is 10.1. The van der Waals surface area contributed by atoms with E-state index in [-0.39, 0.29) is 11.4 Å². The molecule has 0 unspecified atom stereocenters. The van der Waals surface area contributed by atoms with E-state index in [2.05, 4.69) is 5.32 Å². The Bertz CT molecular complexity index is 177. The van der Waals surface area contributed by atoms with Gasteiger partial charge in [0.05, 0.1) is 0 Å². The van der Waals surface area contributed by atoms with E-state index in [0.717, 1.165) is 0 Å². The number of amides is 1. The summed E-state index contributed by atoms with van der Waals surface area (Å²) in [6.07, 6.45) is 3.20. The lowest BCUT2D eigenvalue weighted by molar-refractivity contribution is -0.123. The smallest absolute Gasteiger partial charge is 0.247 e. The first-order valence-electron chi connectivity index (χ1n) is 3.98. The molecule has 0 aromatic rings. The van der Waals surface area contributed by atoms with E-state index in [1.54, 1.807) is 20.3 Å². The Hall–Kier alpha value is -0.990. The van der Waals surface area contributed by atoms with Crippen molar-refractivity contribution < 1.29 is 4.79 Å². The lowest BCUT2D eigenvalue weighted by Gasteiger charge is -2.18. The van der Waals surface area contributed by atoms with Crippen LogP contribution >= 0.6 is 0 Å². The number of carbonyl (C=O) groups excluding carboxylic acids is 1. The molecule has 0 aliphatic heterocycles. The molecule has 0 bridgehead atoms. The van der Waals surface area contributed by atoms with E-state index in [4.69, 9.17) is 0 Å². The van der Waals surface area contributed by atoms with Crippen LogP contribution in [0.2, 0.25) is 0 Å². The maximum Gasteiger partial charge on any atom is 0.247 e. The SMILES string of the molecule is CN(C)C(=O)/C=C/NC(C)(C)C. The Kier molecular flexibility index (Phi) is 3.80. The molecule has 0 atom stereocenters. The highest BCUT2D eigenvalue weighted by atomic mass is 16.2. The van der Waals surface area contributed by atoms with Crippen molar-refractivity contribution in [2.24, 2.45) is 0 Å². The number of nitrogens with zero attached hydrogens (tertiary/aromatic N) is 1. The molecule has 1 amide bonds. The van der Waals surface area contributed by atoms with Gasteiger partial charge in [0.1, 0.15) is 0 Å². The van der Waals surface area contributed by atoms with Crippen LogP contribution in [0.25, 0.3) is 0 Å². The fourth-order valence-electron chi connectivity index (χ4n) is 0.512. The van der Waals surface area contributed by atoms with E-state index >= 15 is 0 Å². The van der Waals surface area contributed by atoms with E-state index in [9.17, 15) is 4.79 Å². The molecule has 0 aromatic heterocycles. The largest absolute Gasteiger partial charge is 0.386 e. The topological polar surface area (TPSA) is 32.3 Å². The van der Waals surface area contributed by atoms with Gasteiger partial charge in [0, 0.05) is 31.9 Å². The van der Waals surface area contributed by atoms with Crippen molar-refractivity contribution in [3.8, 4) is 0 Å². The van der Waals surface area contributed by atoms with E-state index in [0.29, 0.717) is 0 Å². The Morgan fingerprint density at radius 3 is 2.17 bits per heavy atom. The molecule has 0 aliphatic carbocycles. The van der Waals surface area contributed by atoms with Gasteiger partial charge >= 0.3 is 0 Å². The summed E-state index contributed by atoms with van der Waals surface area (Å²) in [4.78, 5) is 12.6. The predicted octanol–water partition coefficient (Wildman–Crippen LogP) is 0.976. The third kappa shape index (κ3) is 5.77. The fourth-order valence-corrected chi connectivity index (χ4v) is 0.512.